The van der Waals surface area contributed by atoms with Gasteiger partial charge in [-0.1, -0.05) is 6.92 Å². The quantitative estimate of drug-likeness (QED) is 0.759. The lowest BCUT2D eigenvalue weighted by atomic mass is 10.1. The molecule has 0 saturated carbocycles. The summed E-state index contributed by atoms with van der Waals surface area (Å²) in [6.07, 6.45) is 3.79. The van der Waals surface area contributed by atoms with Crippen molar-refractivity contribution in [2.24, 2.45) is 5.73 Å². The number of hydrogen-bond acceptors (Lipinski definition) is 4. The highest BCUT2D eigenvalue weighted by Crippen LogP contribution is 2.21. The smallest absolute Gasteiger partial charge is 0.0948 e. The number of rotatable bonds is 8. The molecule has 2 N–H and O–H groups in total. The minimum Gasteiger partial charge on any atom is -0.383 e. The van der Waals surface area contributed by atoms with E-state index in [0.717, 1.165) is 13.1 Å². The van der Waals surface area contributed by atoms with Gasteiger partial charge in [0.15, 0.2) is 0 Å². The second-order valence-corrected chi connectivity index (χ2v) is 4.49. The summed E-state index contributed by atoms with van der Waals surface area (Å²) in [5, 5.41) is 0. The van der Waals surface area contributed by atoms with Crippen molar-refractivity contribution in [3.05, 3.63) is 18.2 Å². The van der Waals surface area contributed by atoms with Crippen LogP contribution >= 0.6 is 0 Å². The summed E-state index contributed by atoms with van der Waals surface area (Å²) < 4.78 is 7.40. The number of hydrogen-bond donors (Lipinski definition) is 1. The maximum atomic E-state index is 5.97. The van der Waals surface area contributed by atoms with Gasteiger partial charge in [0.05, 0.1) is 24.7 Å². The Morgan fingerprint density at radius 2 is 2.22 bits per heavy atom. The lowest BCUT2D eigenvalue weighted by Gasteiger charge is -2.35. The zero-order chi connectivity index (χ0) is 13.5. The highest BCUT2D eigenvalue weighted by Gasteiger charge is 2.24. The van der Waals surface area contributed by atoms with E-state index in [9.17, 15) is 0 Å². The first-order valence-electron chi connectivity index (χ1n) is 6.64. The normalized spacial score (nSPS) is 15.0. The molecule has 0 amide bonds. The third kappa shape index (κ3) is 3.31. The molecule has 5 nitrogen and oxygen atoms in total. The highest BCUT2D eigenvalue weighted by atomic mass is 16.5. The van der Waals surface area contributed by atoms with Crippen LogP contribution in [0.25, 0.3) is 0 Å². The van der Waals surface area contributed by atoms with Crippen molar-refractivity contribution in [1.29, 1.82) is 0 Å². The Morgan fingerprint density at radius 3 is 2.72 bits per heavy atom. The molecule has 0 saturated heterocycles. The number of ether oxygens (including phenoxy) is 1. The molecule has 0 radical (unpaired) electrons. The van der Waals surface area contributed by atoms with Crippen LogP contribution in [0.4, 0.5) is 0 Å². The van der Waals surface area contributed by atoms with Gasteiger partial charge in [0.2, 0.25) is 0 Å². The third-order valence-corrected chi connectivity index (χ3v) is 3.39. The Balaban J connectivity index is 2.92. The molecule has 1 heterocycles. The average molecular weight is 254 g/mol. The Bertz CT molecular complexity index is 339. The summed E-state index contributed by atoms with van der Waals surface area (Å²) >= 11 is 0. The predicted molar refractivity (Wildman–Crippen MR) is 73.4 cm³/mol. The van der Waals surface area contributed by atoms with Gasteiger partial charge in [-0.05, 0) is 20.4 Å². The van der Waals surface area contributed by atoms with Gasteiger partial charge in [-0.15, -0.1) is 0 Å². The number of nitrogens with zero attached hydrogens (tertiary/aromatic N) is 3. The first-order chi connectivity index (χ1) is 8.69. The number of likely N-dealkylation sites (N-methyl/N-ethyl adjacent to an activating group) is 1. The van der Waals surface area contributed by atoms with Crippen molar-refractivity contribution in [2.75, 3.05) is 26.8 Å². The van der Waals surface area contributed by atoms with Crippen molar-refractivity contribution >= 4 is 0 Å². The second-order valence-electron chi connectivity index (χ2n) is 4.49. The fraction of sp³-hybridized carbons (Fsp3) is 0.769. The van der Waals surface area contributed by atoms with Crippen molar-refractivity contribution < 1.29 is 4.74 Å². The van der Waals surface area contributed by atoms with Gasteiger partial charge < -0.3 is 15.0 Å². The molecule has 5 heteroatoms. The van der Waals surface area contributed by atoms with Gasteiger partial charge in [0, 0.05) is 32.4 Å². The summed E-state index contributed by atoms with van der Waals surface area (Å²) in [7, 11) is 1.73. The minimum absolute atomic E-state index is 0.197. The molecule has 0 aromatic carbocycles. The summed E-state index contributed by atoms with van der Waals surface area (Å²) in [5.41, 5.74) is 7.16. The average Bonchev–Trinajstić information content (AvgIpc) is 2.83. The molecule has 0 spiro atoms. The first-order valence-corrected chi connectivity index (χ1v) is 6.64. The van der Waals surface area contributed by atoms with Gasteiger partial charge in [-0.2, -0.15) is 0 Å². The lowest BCUT2D eigenvalue weighted by Crippen LogP contribution is -2.42. The molecule has 0 aliphatic carbocycles. The number of aromatic nitrogens is 2. The van der Waals surface area contributed by atoms with E-state index < -0.39 is 0 Å². The summed E-state index contributed by atoms with van der Waals surface area (Å²) in [4.78, 5) is 6.60. The van der Waals surface area contributed by atoms with E-state index in [1.807, 2.05) is 12.5 Å². The van der Waals surface area contributed by atoms with Gasteiger partial charge in [-0.25, -0.2) is 4.98 Å². The van der Waals surface area contributed by atoms with Crippen LogP contribution in [0.5, 0.6) is 0 Å². The van der Waals surface area contributed by atoms with E-state index in [1.54, 1.807) is 7.11 Å². The van der Waals surface area contributed by atoms with Crippen LogP contribution in [-0.2, 0) is 11.3 Å². The molecule has 2 atom stereocenters. The lowest BCUT2D eigenvalue weighted by molar-refractivity contribution is 0.0727. The van der Waals surface area contributed by atoms with Crippen LogP contribution in [0.2, 0.25) is 0 Å². The van der Waals surface area contributed by atoms with Crippen molar-refractivity contribution in [3.63, 3.8) is 0 Å². The topological polar surface area (TPSA) is 56.3 Å². The Morgan fingerprint density at radius 1 is 1.50 bits per heavy atom. The van der Waals surface area contributed by atoms with E-state index in [1.165, 1.54) is 5.69 Å². The highest BCUT2D eigenvalue weighted by molar-refractivity contribution is 5.07. The van der Waals surface area contributed by atoms with Crippen molar-refractivity contribution in [2.45, 2.75) is 39.4 Å². The van der Waals surface area contributed by atoms with E-state index in [0.29, 0.717) is 19.2 Å². The number of nitrogens with two attached hydrogens (primary N) is 1. The van der Waals surface area contributed by atoms with E-state index in [2.05, 4.69) is 35.2 Å². The molecule has 2 unspecified atom stereocenters. The molecule has 1 aromatic heterocycles. The molecule has 0 fully saturated rings. The van der Waals surface area contributed by atoms with Gasteiger partial charge in [0.25, 0.3) is 0 Å². The molecule has 1 rings (SSSR count). The molecule has 0 bridgehead atoms. The maximum absolute atomic E-state index is 5.97. The van der Waals surface area contributed by atoms with Crippen LogP contribution in [-0.4, -0.2) is 47.3 Å². The monoisotopic (exact) mass is 254 g/mol. The number of imidazole rings is 1. The Hall–Kier alpha value is -0.910. The van der Waals surface area contributed by atoms with Gasteiger partial charge in [0.1, 0.15) is 0 Å². The fourth-order valence-corrected chi connectivity index (χ4v) is 2.47. The summed E-state index contributed by atoms with van der Waals surface area (Å²) in [6, 6.07) is 0.538. The van der Waals surface area contributed by atoms with Gasteiger partial charge >= 0.3 is 0 Å². The zero-order valence-electron chi connectivity index (χ0n) is 12.0. The van der Waals surface area contributed by atoms with E-state index in [4.69, 9.17) is 10.5 Å². The Kier molecular flexibility index (Phi) is 6.32. The SMILES string of the molecule is CCN(C(C)COC)C(CN)c1cncn1CC. The number of aryl methyl sites for hydroxylation is 1. The fourth-order valence-electron chi connectivity index (χ4n) is 2.47. The second kappa shape index (κ2) is 7.51. The van der Waals surface area contributed by atoms with Crippen LogP contribution in [0, 0.1) is 0 Å². The Labute approximate surface area is 110 Å². The molecule has 18 heavy (non-hydrogen) atoms. The van der Waals surface area contributed by atoms with Crippen LogP contribution in [0.3, 0.4) is 0 Å². The molecule has 0 aliphatic heterocycles. The molecule has 1 aromatic rings. The maximum Gasteiger partial charge on any atom is 0.0948 e. The summed E-state index contributed by atoms with van der Waals surface area (Å²) in [5.74, 6) is 0. The molecular weight excluding hydrogens is 228 g/mol. The summed E-state index contributed by atoms with van der Waals surface area (Å²) in [6.45, 7) is 9.61. The largest absolute Gasteiger partial charge is 0.383 e. The van der Waals surface area contributed by atoms with Crippen LogP contribution in [0.15, 0.2) is 12.5 Å². The zero-order valence-corrected chi connectivity index (χ0v) is 12.0. The van der Waals surface area contributed by atoms with Crippen molar-refractivity contribution in [1.82, 2.24) is 14.5 Å². The van der Waals surface area contributed by atoms with Crippen LogP contribution in [0.1, 0.15) is 32.5 Å². The van der Waals surface area contributed by atoms with E-state index >= 15 is 0 Å². The van der Waals surface area contributed by atoms with Crippen LogP contribution < -0.4 is 5.73 Å². The third-order valence-electron chi connectivity index (χ3n) is 3.39. The van der Waals surface area contributed by atoms with E-state index in [-0.39, 0.29) is 6.04 Å². The molecule has 0 aliphatic rings. The van der Waals surface area contributed by atoms with Gasteiger partial charge in [-0.3, -0.25) is 4.90 Å². The number of methoxy groups -OCH3 is 1. The first kappa shape index (κ1) is 15.1. The predicted octanol–water partition coefficient (Wildman–Crippen LogP) is 1.26. The van der Waals surface area contributed by atoms with Crippen molar-refractivity contribution in [3.8, 4) is 0 Å². The minimum atomic E-state index is 0.197. The molecular formula is C13H26N4O. The molecule has 104 valence electrons. The standard InChI is InChI=1S/C13H26N4O/c1-5-16-10-15-8-13(16)12(7-14)17(6-2)11(3)9-18-4/h8,10-12H,5-7,9,14H2,1-4H3.